The van der Waals surface area contributed by atoms with Gasteiger partial charge in [-0.3, -0.25) is 10.1 Å². The molecule has 0 saturated heterocycles. The van der Waals surface area contributed by atoms with E-state index in [2.05, 4.69) is 10.4 Å². The monoisotopic (exact) mass is 224 g/mol. The topological polar surface area (TPSA) is 103 Å². The van der Waals surface area contributed by atoms with Crippen LogP contribution in [0.2, 0.25) is 0 Å². The molecule has 0 bridgehead atoms. The van der Waals surface area contributed by atoms with Crippen LogP contribution in [0.4, 0.5) is 11.5 Å². The first-order valence-electron chi connectivity index (χ1n) is 4.54. The van der Waals surface area contributed by atoms with E-state index in [0.29, 0.717) is 6.61 Å². The van der Waals surface area contributed by atoms with Gasteiger partial charge in [-0.15, -0.1) is 0 Å². The number of nitrogen functional groups attached to an aromatic ring is 1. The molecule has 0 fully saturated rings. The fourth-order valence-corrected chi connectivity index (χ4v) is 0.975. The molecule has 0 amide bonds. The van der Waals surface area contributed by atoms with Crippen molar-refractivity contribution in [1.29, 1.82) is 0 Å². The lowest BCUT2D eigenvalue weighted by Crippen LogP contribution is -2.09. The summed E-state index contributed by atoms with van der Waals surface area (Å²) in [6, 6.07) is 2.47. The molecule has 0 spiro atoms. The van der Waals surface area contributed by atoms with Gasteiger partial charge in [-0.25, -0.2) is 5.84 Å². The van der Waals surface area contributed by atoms with E-state index in [1.165, 1.54) is 12.1 Å². The lowest BCUT2D eigenvalue weighted by Gasteiger charge is -2.04. The van der Waals surface area contributed by atoms with E-state index < -0.39 is 4.92 Å². The van der Waals surface area contributed by atoms with E-state index in [-0.39, 0.29) is 17.4 Å². The maximum absolute atomic E-state index is 10.6. The third-order valence-electron chi connectivity index (χ3n) is 1.71. The molecule has 0 aliphatic rings. The van der Waals surface area contributed by atoms with Crippen molar-refractivity contribution < 1.29 is 9.66 Å². The Balaban J connectivity index is 2.90. The summed E-state index contributed by atoms with van der Waals surface area (Å²) in [6.07, 6.45) is 3.56. The minimum atomic E-state index is -0.537. The summed E-state index contributed by atoms with van der Waals surface area (Å²) in [5.41, 5.74) is 2.11. The van der Waals surface area contributed by atoms with Crippen LogP contribution in [0.25, 0.3) is 0 Å². The summed E-state index contributed by atoms with van der Waals surface area (Å²) in [5.74, 6) is 5.48. The Labute approximate surface area is 92.0 Å². The Morgan fingerprint density at radius 3 is 3.00 bits per heavy atom. The highest BCUT2D eigenvalue weighted by Crippen LogP contribution is 2.21. The summed E-state index contributed by atoms with van der Waals surface area (Å²) in [4.78, 5) is 14.0. The molecular weight excluding hydrogens is 212 g/mol. The van der Waals surface area contributed by atoms with Gasteiger partial charge < -0.3 is 10.2 Å². The summed E-state index contributed by atoms with van der Waals surface area (Å²) in [5, 5.41) is 10.6. The zero-order chi connectivity index (χ0) is 12.0. The fraction of sp³-hybridized carbons (Fsp3) is 0.222. The van der Waals surface area contributed by atoms with E-state index in [1.807, 2.05) is 6.92 Å². The molecule has 1 aromatic heterocycles. The Bertz CT molecular complexity index is 406. The quantitative estimate of drug-likeness (QED) is 0.337. The molecule has 1 rings (SSSR count). The van der Waals surface area contributed by atoms with Crippen molar-refractivity contribution in [1.82, 2.24) is 4.98 Å². The van der Waals surface area contributed by atoms with Crippen LogP contribution in [-0.4, -0.2) is 16.5 Å². The lowest BCUT2D eigenvalue weighted by atomic mass is 10.4. The summed E-state index contributed by atoms with van der Waals surface area (Å²) >= 11 is 0. The minimum Gasteiger partial charge on any atom is -0.473 e. The zero-order valence-electron chi connectivity index (χ0n) is 8.71. The normalized spacial score (nSPS) is 10.4. The Morgan fingerprint density at radius 1 is 1.69 bits per heavy atom. The van der Waals surface area contributed by atoms with Gasteiger partial charge in [-0.05, 0) is 6.92 Å². The molecule has 0 aromatic carbocycles. The molecule has 16 heavy (non-hydrogen) atoms. The number of pyridine rings is 1. The molecule has 0 atom stereocenters. The second kappa shape index (κ2) is 5.66. The number of nitrogens with zero attached hydrogens (tertiary/aromatic N) is 2. The molecule has 3 N–H and O–H groups in total. The zero-order valence-corrected chi connectivity index (χ0v) is 8.71. The highest BCUT2D eigenvalue weighted by molar-refractivity contribution is 5.47. The SMILES string of the molecule is C/C=C/COc1cc([N+](=O)[O-])cc(NN)n1. The number of ether oxygens (including phenoxy) is 1. The summed E-state index contributed by atoms with van der Waals surface area (Å²) in [6.45, 7) is 2.14. The minimum absolute atomic E-state index is 0.126. The van der Waals surface area contributed by atoms with Crippen molar-refractivity contribution in [2.45, 2.75) is 6.92 Å². The first-order valence-corrected chi connectivity index (χ1v) is 4.54. The molecule has 7 heteroatoms. The third-order valence-corrected chi connectivity index (χ3v) is 1.71. The van der Waals surface area contributed by atoms with Crippen LogP contribution in [-0.2, 0) is 0 Å². The van der Waals surface area contributed by atoms with E-state index in [4.69, 9.17) is 10.6 Å². The van der Waals surface area contributed by atoms with Crippen molar-refractivity contribution in [3.05, 3.63) is 34.4 Å². The smallest absolute Gasteiger partial charge is 0.278 e. The second-order valence-corrected chi connectivity index (χ2v) is 2.83. The van der Waals surface area contributed by atoms with Crippen LogP contribution in [0, 0.1) is 10.1 Å². The number of hydrogen-bond donors (Lipinski definition) is 2. The standard InChI is InChI=1S/C9H12N4O3/c1-2-3-4-16-9-6-7(13(14)15)5-8(11-9)12-10/h2-3,5-6H,4,10H2,1H3,(H,11,12)/b3-2+. The van der Waals surface area contributed by atoms with Gasteiger partial charge in [-0.1, -0.05) is 12.2 Å². The van der Waals surface area contributed by atoms with Gasteiger partial charge in [0.1, 0.15) is 6.61 Å². The molecular formula is C9H12N4O3. The van der Waals surface area contributed by atoms with Crippen LogP contribution in [0.1, 0.15) is 6.92 Å². The molecule has 86 valence electrons. The maximum atomic E-state index is 10.6. The average Bonchev–Trinajstić information content (AvgIpc) is 2.29. The molecule has 1 aromatic rings. The van der Waals surface area contributed by atoms with Crippen LogP contribution >= 0.6 is 0 Å². The highest BCUT2D eigenvalue weighted by Gasteiger charge is 2.11. The van der Waals surface area contributed by atoms with Crippen LogP contribution in [0.15, 0.2) is 24.3 Å². The number of allylic oxidation sites excluding steroid dienone is 1. The number of anilines is 1. The van der Waals surface area contributed by atoms with Crippen LogP contribution in [0.3, 0.4) is 0 Å². The molecule has 0 radical (unpaired) electrons. The Morgan fingerprint density at radius 2 is 2.44 bits per heavy atom. The Kier molecular flexibility index (Phi) is 4.22. The average molecular weight is 224 g/mol. The molecule has 0 aliphatic carbocycles. The van der Waals surface area contributed by atoms with Gasteiger partial charge in [0.2, 0.25) is 5.88 Å². The van der Waals surface area contributed by atoms with Gasteiger partial charge in [-0.2, -0.15) is 4.98 Å². The van der Waals surface area contributed by atoms with E-state index >= 15 is 0 Å². The predicted octanol–water partition coefficient (Wildman–Crippen LogP) is 1.23. The van der Waals surface area contributed by atoms with Crippen molar-refractivity contribution >= 4 is 11.5 Å². The van der Waals surface area contributed by atoms with Crippen molar-refractivity contribution in [2.75, 3.05) is 12.0 Å². The molecule has 0 unspecified atom stereocenters. The first-order chi connectivity index (χ1) is 7.67. The number of nitrogens with one attached hydrogen (secondary N) is 1. The van der Waals surface area contributed by atoms with Gasteiger partial charge >= 0.3 is 0 Å². The predicted molar refractivity (Wildman–Crippen MR) is 59.0 cm³/mol. The van der Waals surface area contributed by atoms with Crippen molar-refractivity contribution in [3.63, 3.8) is 0 Å². The van der Waals surface area contributed by atoms with E-state index in [9.17, 15) is 10.1 Å². The Hall–Kier alpha value is -2.15. The second-order valence-electron chi connectivity index (χ2n) is 2.83. The van der Waals surface area contributed by atoms with Gasteiger partial charge in [0.15, 0.2) is 5.82 Å². The number of aromatic nitrogens is 1. The molecule has 0 aliphatic heterocycles. The largest absolute Gasteiger partial charge is 0.473 e. The summed E-state index contributed by atoms with van der Waals surface area (Å²) < 4.78 is 5.18. The number of nitro groups is 1. The maximum Gasteiger partial charge on any atom is 0.278 e. The van der Waals surface area contributed by atoms with E-state index in [0.717, 1.165) is 0 Å². The number of rotatable bonds is 5. The van der Waals surface area contributed by atoms with Crippen molar-refractivity contribution in [2.24, 2.45) is 5.84 Å². The van der Waals surface area contributed by atoms with Gasteiger partial charge in [0, 0.05) is 0 Å². The number of hydrogen-bond acceptors (Lipinski definition) is 6. The van der Waals surface area contributed by atoms with Gasteiger partial charge in [0.05, 0.1) is 17.1 Å². The van der Waals surface area contributed by atoms with Crippen LogP contribution in [0.5, 0.6) is 5.88 Å². The first kappa shape index (κ1) is 11.9. The number of nitrogens with two attached hydrogens (primary N) is 1. The molecule has 7 nitrogen and oxygen atoms in total. The fourth-order valence-electron chi connectivity index (χ4n) is 0.975. The van der Waals surface area contributed by atoms with Crippen LogP contribution < -0.4 is 16.0 Å². The molecule has 1 heterocycles. The summed E-state index contributed by atoms with van der Waals surface area (Å²) in [7, 11) is 0. The number of hydrazine groups is 1. The van der Waals surface area contributed by atoms with Gasteiger partial charge in [0.25, 0.3) is 5.69 Å². The van der Waals surface area contributed by atoms with E-state index in [1.54, 1.807) is 12.2 Å². The van der Waals surface area contributed by atoms with Crippen molar-refractivity contribution in [3.8, 4) is 5.88 Å². The third kappa shape index (κ3) is 3.21. The highest BCUT2D eigenvalue weighted by atomic mass is 16.6. The lowest BCUT2D eigenvalue weighted by molar-refractivity contribution is -0.384. The molecule has 0 saturated carbocycles.